The average molecular weight is 439 g/mol. The number of oxime groups is 1. The lowest BCUT2D eigenvalue weighted by atomic mass is 9.46. The number of likely N-dealkylation sites (tertiary alicyclic amines) is 1. The van der Waals surface area contributed by atoms with Crippen molar-refractivity contribution in [2.75, 3.05) is 26.2 Å². The molecule has 4 heteroatoms. The van der Waals surface area contributed by atoms with E-state index in [4.69, 9.17) is 11.3 Å². The lowest BCUT2D eigenvalue weighted by Crippen LogP contribution is -2.54. The third kappa shape index (κ3) is 3.55. The van der Waals surface area contributed by atoms with Crippen LogP contribution in [-0.2, 0) is 4.84 Å². The Kier molecular flexibility index (Phi) is 5.96. The van der Waals surface area contributed by atoms with Gasteiger partial charge in [-0.3, -0.25) is 4.90 Å². The van der Waals surface area contributed by atoms with Gasteiger partial charge in [0.05, 0.1) is 5.71 Å². The van der Waals surface area contributed by atoms with Crippen LogP contribution in [0.2, 0.25) is 0 Å². The first-order valence-electron chi connectivity index (χ1n) is 13.2. The molecule has 1 saturated heterocycles. The highest BCUT2D eigenvalue weighted by atomic mass is 16.6. The Balaban J connectivity index is 1.25. The zero-order valence-electron chi connectivity index (χ0n) is 20.2. The van der Waals surface area contributed by atoms with E-state index < -0.39 is 5.60 Å². The largest absolute Gasteiger partial charge is 0.394 e. The molecular formula is C28H42N2O2. The molecule has 4 nitrogen and oxygen atoms in total. The van der Waals surface area contributed by atoms with Crippen LogP contribution in [0.25, 0.3) is 0 Å². The normalized spacial score (nSPS) is 45.4. The number of fused-ring (bicyclic) bond motifs is 5. The molecule has 176 valence electrons. The van der Waals surface area contributed by atoms with Crippen molar-refractivity contribution >= 4 is 5.71 Å². The smallest absolute Gasteiger partial charge is 0.130 e. The summed E-state index contributed by atoms with van der Waals surface area (Å²) in [6, 6.07) is 0. The first-order valence-corrected chi connectivity index (χ1v) is 13.2. The second kappa shape index (κ2) is 8.48. The standard InChI is InChI=1S/C28H42N2O2/c1-4-28(31)15-12-25-23-9-8-21-20-22(29-32-19-18-30-16-6-5-7-17-30)10-13-26(21,2)24(23)11-14-27(25,28)3/h1,20,23-25,31H,5-19H2,2-3H3/b29-22-. The van der Waals surface area contributed by atoms with Crippen molar-refractivity contribution in [3.05, 3.63) is 11.6 Å². The van der Waals surface area contributed by atoms with E-state index in [1.807, 2.05) is 0 Å². The molecule has 0 amide bonds. The predicted molar refractivity (Wildman–Crippen MR) is 129 cm³/mol. The molecule has 0 spiro atoms. The molecule has 0 radical (unpaired) electrons. The predicted octanol–water partition coefficient (Wildman–Crippen LogP) is 5.17. The number of piperidine rings is 1. The molecule has 0 aromatic heterocycles. The van der Waals surface area contributed by atoms with Gasteiger partial charge >= 0.3 is 0 Å². The summed E-state index contributed by atoms with van der Waals surface area (Å²) in [4.78, 5) is 8.26. The van der Waals surface area contributed by atoms with Crippen molar-refractivity contribution in [2.45, 2.75) is 90.1 Å². The molecule has 0 bridgehead atoms. The summed E-state index contributed by atoms with van der Waals surface area (Å²) < 4.78 is 0. The minimum Gasteiger partial charge on any atom is -0.394 e. The summed E-state index contributed by atoms with van der Waals surface area (Å²) in [5.74, 6) is 4.77. The van der Waals surface area contributed by atoms with Gasteiger partial charge in [-0.25, -0.2) is 0 Å². The van der Waals surface area contributed by atoms with Crippen LogP contribution in [0, 0.1) is 40.9 Å². The van der Waals surface area contributed by atoms with E-state index in [1.54, 1.807) is 5.57 Å². The first-order chi connectivity index (χ1) is 15.4. The highest BCUT2D eigenvalue weighted by Crippen LogP contribution is 2.67. The van der Waals surface area contributed by atoms with Gasteiger partial charge in [-0.1, -0.05) is 36.9 Å². The Hall–Kier alpha value is -1.31. The van der Waals surface area contributed by atoms with Gasteiger partial charge in [0, 0.05) is 12.0 Å². The van der Waals surface area contributed by atoms with Gasteiger partial charge in [0.2, 0.25) is 0 Å². The summed E-state index contributed by atoms with van der Waals surface area (Å²) >= 11 is 0. The molecule has 32 heavy (non-hydrogen) atoms. The number of aliphatic hydroxyl groups is 1. The van der Waals surface area contributed by atoms with E-state index in [0.717, 1.165) is 44.4 Å². The molecule has 1 aliphatic heterocycles. The van der Waals surface area contributed by atoms with Crippen LogP contribution in [0.1, 0.15) is 84.5 Å². The van der Waals surface area contributed by atoms with Crippen LogP contribution >= 0.6 is 0 Å². The molecule has 6 atom stereocenters. The molecule has 4 aliphatic carbocycles. The van der Waals surface area contributed by atoms with Crippen LogP contribution in [0.3, 0.4) is 0 Å². The van der Waals surface area contributed by atoms with Crippen LogP contribution in [-0.4, -0.2) is 47.6 Å². The number of nitrogens with zero attached hydrogens (tertiary/aromatic N) is 2. The number of allylic oxidation sites excluding steroid dienone is 2. The van der Waals surface area contributed by atoms with Crippen molar-refractivity contribution in [3.63, 3.8) is 0 Å². The van der Waals surface area contributed by atoms with Gasteiger partial charge in [0.1, 0.15) is 12.2 Å². The SMILES string of the molecule is C#CC1(O)CCC2C3CCC4=C/C(=N\OCCN5CCCCC5)CCC4(C)C3CCC21C. The quantitative estimate of drug-likeness (QED) is 0.374. The molecule has 1 heterocycles. The summed E-state index contributed by atoms with van der Waals surface area (Å²) in [7, 11) is 0. The Morgan fingerprint density at radius 3 is 2.66 bits per heavy atom. The van der Waals surface area contributed by atoms with Crippen LogP contribution < -0.4 is 0 Å². The average Bonchev–Trinajstić information content (AvgIpc) is 3.09. The van der Waals surface area contributed by atoms with Crippen molar-refractivity contribution in [1.82, 2.24) is 4.90 Å². The van der Waals surface area contributed by atoms with Crippen LogP contribution in [0.5, 0.6) is 0 Å². The van der Waals surface area contributed by atoms with Crippen molar-refractivity contribution < 1.29 is 9.94 Å². The number of terminal acetylenes is 1. The number of hydrogen-bond acceptors (Lipinski definition) is 4. The lowest BCUT2D eigenvalue weighted by Gasteiger charge is -2.58. The second-order valence-corrected chi connectivity index (χ2v) is 11.8. The highest BCUT2D eigenvalue weighted by molar-refractivity contribution is 5.96. The molecule has 1 N–H and O–H groups in total. The fraction of sp³-hybridized carbons (Fsp3) is 0.821. The maximum Gasteiger partial charge on any atom is 0.130 e. The topological polar surface area (TPSA) is 45.1 Å². The van der Waals surface area contributed by atoms with E-state index in [9.17, 15) is 5.11 Å². The number of hydrogen-bond donors (Lipinski definition) is 1. The Morgan fingerprint density at radius 1 is 1.09 bits per heavy atom. The van der Waals surface area contributed by atoms with E-state index in [2.05, 4.69) is 35.9 Å². The van der Waals surface area contributed by atoms with Crippen molar-refractivity contribution in [3.8, 4) is 12.3 Å². The van der Waals surface area contributed by atoms with E-state index >= 15 is 0 Å². The third-order valence-corrected chi connectivity index (χ3v) is 10.5. The van der Waals surface area contributed by atoms with Crippen molar-refractivity contribution in [1.29, 1.82) is 0 Å². The Labute approximate surface area is 194 Å². The summed E-state index contributed by atoms with van der Waals surface area (Å²) in [6.07, 6.45) is 20.9. The van der Waals surface area contributed by atoms with Gasteiger partial charge in [0.15, 0.2) is 0 Å². The molecule has 0 aromatic rings. The van der Waals surface area contributed by atoms with Crippen molar-refractivity contribution in [2.24, 2.45) is 33.7 Å². The minimum absolute atomic E-state index is 0.107. The number of rotatable bonds is 4. The zero-order valence-corrected chi connectivity index (χ0v) is 20.2. The second-order valence-electron chi connectivity index (χ2n) is 11.8. The van der Waals surface area contributed by atoms with Crippen LogP contribution in [0.4, 0.5) is 0 Å². The van der Waals surface area contributed by atoms with E-state index in [-0.39, 0.29) is 10.8 Å². The molecular weight excluding hydrogens is 396 g/mol. The molecule has 4 fully saturated rings. The van der Waals surface area contributed by atoms with E-state index in [1.165, 1.54) is 51.6 Å². The van der Waals surface area contributed by atoms with Gasteiger partial charge in [-0.15, -0.1) is 6.42 Å². The van der Waals surface area contributed by atoms with E-state index in [0.29, 0.717) is 24.4 Å². The molecule has 6 unspecified atom stereocenters. The molecule has 5 rings (SSSR count). The lowest BCUT2D eigenvalue weighted by molar-refractivity contribution is -0.0987. The summed E-state index contributed by atoms with van der Waals surface area (Å²) in [5.41, 5.74) is 1.99. The van der Waals surface area contributed by atoms with Gasteiger partial charge in [-0.05, 0) is 107 Å². The summed E-state index contributed by atoms with van der Waals surface area (Å²) in [6.45, 7) is 8.91. The highest BCUT2D eigenvalue weighted by Gasteiger charge is 2.63. The first kappa shape index (κ1) is 22.5. The fourth-order valence-corrected chi connectivity index (χ4v) is 8.38. The molecule has 0 aromatic carbocycles. The molecule has 3 saturated carbocycles. The zero-order chi connectivity index (χ0) is 22.4. The van der Waals surface area contributed by atoms with Crippen LogP contribution in [0.15, 0.2) is 16.8 Å². The van der Waals surface area contributed by atoms with Gasteiger partial charge in [-0.2, -0.15) is 0 Å². The molecule has 5 aliphatic rings. The Morgan fingerprint density at radius 2 is 1.88 bits per heavy atom. The maximum atomic E-state index is 11.2. The maximum absolute atomic E-state index is 11.2. The van der Waals surface area contributed by atoms with Gasteiger partial charge in [0.25, 0.3) is 0 Å². The Bertz CT molecular complexity index is 822. The fourth-order valence-electron chi connectivity index (χ4n) is 8.38. The monoisotopic (exact) mass is 438 g/mol. The third-order valence-electron chi connectivity index (χ3n) is 10.5. The summed E-state index contributed by atoms with van der Waals surface area (Å²) in [5, 5.41) is 15.7. The van der Waals surface area contributed by atoms with Gasteiger partial charge < -0.3 is 9.94 Å². The minimum atomic E-state index is -0.905.